The molecule has 0 bridgehead atoms. The SMILES string of the molecule is CN1CCN=C1[C@]12CC1N(C(C)(C)C)[C@H](C(C)(C)C)C2. The van der Waals surface area contributed by atoms with Crippen molar-refractivity contribution in [1.82, 2.24) is 9.80 Å². The largest absolute Gasteiger partial charge is 0.361 e. The van der Waals surface area contributed by atoms with Gasteiger partial charge in [-0.25, -0.2) is 0 Å². The molecule has 3 nitrogen and oxygen atoms in total. The molecule has 3 rings (SSSR count). The summed E-state index contributed by atoms with van der Waals surface area (Å²) in [7, 11) is 2.22. The standard InChI is InChI=1S/C17H31N3/c1-15(2,3)12-10-17(14-18-8-9-19(14)7)11-13(17)20(12)16(4,5)6/h12-13H,8-11H2,1-7H3/t12-,13?,17+/m0/s1. The highest BCUT2D eigenvalue weighted by molar-refractivity contribution is 5.93. The fraction of sp³-hybridized carbons (Fsp3) is 0.941. The third-order valence-corrected chi connectivity index (χ3v) is 5.54. The van der Waals surface area contributed by atoms with Gasteiger partial charge in [-0.05, 0) is 39.0 Å². The number of piperidine rings is 1. The molecule has 1 aliphatic carbocycles. The average Bonchev–Trinajstić information content (AvgIpc) is 2.67. The Morgan fingerprint density at radius 3 is 2.15 bits per heavy atom. The molecule has 0 N–H and O–H groups in total. The van der Waals surface area contributed by atoms with Crippen molar-refractivity contribution in [3.05, 3.63) is 0 Å². The zero-order valence-electron chi connectivity index (χ0n) is 14.3. The molecule has 0 amide bonds. The summed E-state index contributed by atoms with van der Waals surface area (Å²) in [5, 5.41) is 0. The van der Waals surface area contributed by atoms with Crippen LogP contribution in [0, 0.1) is 10.8 Å². The number of aliphatic imine (C=N–C) groups is 1. The highest BCUT2D eigenvalue weighted by Crippen LogP contribution is 2.65. The third kappa shape index (κ3) is 1.93. The van der Waals surface area contributed by atoms with Gasteiger partial charge in [-0.3, -0.25) is 9.89 Å². The van der Waals surface area contributed by atoms with Gasteiger partial charge in [-0.1, -0.05) is 20.8 Å². The van der Waals surface area contributed by atoms with Gasteiger partial charge in [0.05, 0.1) is 6.54 Å². The van der Waals surface area contributed by atoms with Crippen LogP contribution in [-0.4, -0.2) is 53.4 Å². The van der Waals surface area contributed by atoms with Crippen molar-refractivity contribution < 1.29 is 0 Å². The van der Waals surface area contributed by atoms with E-state index in [9.17, 15) is 0 Å². The van der Waals surface area contributed by atoms with Crippen LogP contribution in [0.3, 0.4) is 0 Å². The van der Waals surface area contributed by atoms with E-state index >= 15 is 0 Å². The van der Waals surface area contributed by atoms with Crippen molar-refractivity contribution in [3.63, 3.8) is 0 Å². The minimum absolute atomic E-state index is 0.249. The maximum Gasteiger partial charge on any atom is 0.107 e. The molecule has 0 spiro atoms. The topological polar surface area (TPSA) is 18.8 Å². The molecule has 114 valence electrons. The summed E-state index contributed by atoms with van der Waals surface area (Å²) in [6.07, 6.45) is 2.61. The normalized spacial score (nSPS) is 38.1. The van der Waals surface area contributed by atoms with Gasteiger partial charge in [0, 0.05) is 36.6 Å². The number of rotatable bonds is 1. The van der Waals surface area contributed by atoms with Gasteiger partial charge in [0.1, 0.15) is 5.84 Å². The zero-order valence-corrected chi connectivity index (χ0v) is 14.3. The summed E-state index contributed by atoms with van der Waals surface area (Å²) in [5.74, 6) is 1.41. The Bertz CT molecular complexity index is 440. The highest BCUT2D eigenvalue weighted by atomic mass is 15.4. The predicted octanol–water partition coefficient (Wildman–Crippen LogP) is 3.01. The molecule has 3 heteroatoms. The molecule has 2 heterocycles. The fourth-order valence-electron chi connectivity index (χ4n) is 4.59. The Morgan fingerprint density at radius 1 is 1.10 bits per heavy atom. The van der Waals surface area contributed by atoms with E-state index in [1.54, 1.807) is 0 Å². The van der Waals surface area contributed by atoms with E-state index in [1.165, 1.54) is 18.7 Å². The second kappa shape index (κ2) is 4.00. The van der Waals surface area contributed by atoms with Crippen LogP contribution < -0.4 is 0 Å². The van der Waals surface area contributed by atoms with Crippen LogP contribution in [0.5, 0.6) is 0 Å². The summed E-state index contributed by atoms with van der Waals surface area (Å²) >= 11 is 0. The first-order chi connectivity index (χ1) is 9.07. The van der Waals surface area contributed by atoms with Crippen molar-refractivity contribution in [2.45, 2.75) is 72.0 Å². The van der Waals surface area contributed by atoms with E-state index in [2.05, 4.69) is 58.4 Å². The van der Waals surface area contributed by atoms with E-state index in [4.69, 9.17) is 4.99 Å². The monoisotopic (exact) mass is 277 g/mol. The zero-order chi connectivity index (χ0) is 14.9. The molecule has 1 unspecified atom stereocenters. The molecule has 1 saturated carbocycles. The van der Waals surface area contributed by atoms with Gasteiger partial charge in [-0.15, -0.1) is 0 Å². The van der Waals surface area contributed by atoms with E-state index in [1.807, 2.05) is 0 Å². The van der Waals surface area contributed by atoms with Crippen molar-refractivity contribution in [2.24, 2.45) is 15.8 Å². The van der Waals surface area contributed by atoms with Crippen LogP contribution >= 0.6 is 0 Å². The van der Waals surface area contributed by atoms with Gasteiger partial charge < -0.3 is 4.90 Å². The smallest absolute Gasteiger partial charge is 0.107 e. The van der Waals surface area contributed by atoms with E-state index in [0.717, 1.165) is 13.1 Å². The number of likely N-dealkylation sites (N-methyl/N-ethyl adjacent to an activating group) is 1. The van der Waals surface area contributed by atoms with Crippen LogP contribution in [0.4, 0.5) is 0 Å². The molecule has 2 aliphatic heterocycles. The van der Waals surface area contributed by atoms with Gasteiger partial charge in [0.2, 0.25) is 0 Å². The van der Waals surface area contributed by atoms with Crippen LogP contribution in [0.1, 0.15) is 54.4 Å². The number of hydrogen-bond acceptors (Lipinski definition) is 3. The van der Waals surface area contributed by atoms with Crippen LogP contribution in [-0.2, 0) is 0 Å². The average molecular weight is 277 g/mol. The molecule has 3 atom stereocenters. The van der Waals surface area contributed by atoms with Gasteiger partial charge >= 0.3 is 0 Å². The lowest BCUT2D eigenvalue weighted by Gasteiger charge is -2.45. The van der Waals surface area contributed by atoms with E-state index in [-0.39, 0.29) is 5.54 Å². The first-order valence-electron chi connectivity index (χ1n) is 8.12. The maximum absolute atomic E-state index is 4.86. The first kappa shape index (κ1) is 14.4. The van der Waals surface area contributed by atoms with Gasteiger partial charge in [0.25, 0.3) is 0 Å². The van der Waals surface area contributed by atoms with Crippen molar-refractivity contribution in [2.75, 3.05) is 20.1 Å². The first-order valence-corrected chi connectivity index (χ1v) is 8.12. The Kier molecular flexibility index (Phi) is 2.87. The Balaban J connectivity index is 1.94. The van der Waals surface area contributed by atoms with Crippen LogP contribution in [0.25, 0.3) is 0 Å². The van der Waals surface area contributed by atoms with Crippen molar-refractivity contribution in [3.8, 4) is 0 Å². The molecular formula is C17H31N3. The summed E-state index contributed by atoms with van der Waals surface area (Å²) < 4.78 is 0. The molecule has 0 aromatic rings. The molecule has 2 fully saturated rings. The molecule has 0 aromatic heterocycles. The summed E-state index contributed by atoms with van der Waals surface area (Å²) in [6.45, 7) is 16.4. The number of hydrogen-bond donors (Lipinski definition) is 0. The predicted molar refractivity (Wildman–Crippen MR) is 85.2 cm³/mol. The number of likely N-dealkylation sites (tertiary alicyclic amines) is 1. The molecular weight excluding hydrogens is 246 g/mol. The fourth-order valence-corrected chi connectivity index (χ4v) is 4.59. The molecule has 3 aliphatic rings. The Labute approximate surface area is 124 Å². The van der Waals surface area contributed by atoms with Gasteiger partial charge in [-0.2, -0.15) is 0 Å². The third-order valence-electron chi connectivity index (χ3n) is 5.54. The maximum atomic E-state index is 4.86. The van der Waals surface area contributed by atoms with E-state index in [0.29, 0.717) is 22.9 Å². The number of amidine groups is 1. The number of nitrogens with zero attached hydrogens (tertiary/aromatic N) is 3. The van der Waals surface area contributed by atoms with E-state index < -0.39 is 0 Å². The lowest BCUT2D eigenvalue weighted by Crippen LogP contribution is -2.51. The molecule has 20 heavy (non-hydrogen) atoms. The Morgan fingerprint density at radius 2 is 1.75 bits per heavy atom. The van der Waals surface area contributed by atoms with Crippen molar-refractivity contribution >= 4 is 5.84 Å². The summed E-state index contributed by atoms with van der Waals surface area (Å²) in [6, 6.07) is 1.38. The van der Waals surface area contributed by atoms with Crippen LogP contribution in [0.2, 0.25) is 0 Å². The second-order valence-electron chi connectivity index (χ2n) is 9.17. The lowest BCUT2D eigenvalue weighted by atomic mass is 9.80. The van der Waals surface area contributed by atoms with Crippen LogP contribution in [0.15, 0.2) is 4.99 Å². The highest BCUT2D eigenvalue weighted by Gasteiger charge is 2.70. The second-order valence-corrected chi connectivity index (χ2v) is 9.17. The minimum Gasteiger partial charge on any atom is -0.361 e. The van der Waals surface area contributed by atoms with Gasteiger partial charge in [0.15, 0.2) is 0 Å². The molecule has 0 aromatic carbocycles. The Hall–Kier alpha value is -0.570. The molecule has 0 radical (unpaired) electrons. The summed E-state index contributed by atoms with van der Waals surface area (Å²) in [5.41, 5.74) is 0.959. The minimum atomic E-state index is 0.249. The lowest BCUT2D eigenvalue weighted by molar-refractivity contribution is 0.0362. The molecule has 1 saturated heterocycles. The van der Waals surface area contributed by atoms with Crippen molar-refractivity contribution in [1.29, 1.82) is 0 Å². The quantitative estimate of drug-likeness (QED) is 0.734. The number of fused-ring (bicyclic) bond motifs is 1. The summed E-state index contributed by atoms with van der Waals surface area (Å²) in [4.78, 5) is 10.1.